The van der Waals surface area contributed by atoms with Crippen molar-refractivity contribution in [2.24, 2.45) is 0 Å². The van der Waals surface area contributed by atoms with Crippen LogP contribution in [0.3, 0.4) is 0 Å². The minimum Gasteiger partial charge on any atom is -0.493 e. The highest BCUT2D eigenvalue weighted by Gasteiger charge is 2.12. The summed E-state index contributed by atoms with van der Waals surface area (Å²) in [4.78, 5) is 0. The monoisotopic (exact) mass is 404 g/mol. The lowest BCUT2D eigenvalue weighted by Gasteiger charge is -2.19. The molecule has 2 radical (unpaired) electrons. The summed E-state index contributed by atoms with van der Waals surface area (Å²) in [7, 11) is 5.96. The van der Waals surface area contributed by atoms with Gasteiger partial charge in [-0.05, 0) is 24.0 Å². The second-order valence-electron chi connectivity index (χ2n) is 5.05. The van der Waals surface area contributed by atoms with Gasteiger partial charge in [0.2, 0.25) is 0 Å². The van der Waals surface area contributed by atoms with Crippen molar-refractivity contribution in [3.63, 3.8) is 0 Å². The molecule has 1 aliphatic rings. The SMILES string of the molecule is [B]C1=CC(CCC#CCOI)=C(OCc2ccccc2)CC1. The van der Waals surface area contributed by atoms with Crippen LogP contribution in [0.1, 0.15) is 31.2 Å². The number of hydrogen-bond donors (Lipinski definition) is 0. The van der Waals surface area contributed by atoms with Gasteiger partial charge in [0, 0.05) is 12.8 Å². The highest BCUT2D eigenvalue weighted by atomic mass is 127. The summed E-state index contributed by atoms with van der Waals surface area (Å²) in [6.45, 7) is 1.07. The molecule has 0 amide bonds. The highest BCUT2D eigenvalue weighted by molar-refractivity contribution is 14.1. The molecule has 1 aliphatic carbocycles. The molecular formula is C18H18BIO2. The van der Waals surface area contributed by atoms with Crippen molar-refractivity contribution in [2.45, 2.75) is 32.3 Å². The predicted molar refractivity (Wildman–Crippen MR) is 98.3 cm³/mol. The Balaban J connectivity index is 1.97. The van der Waals surface area contributed by atoms with Crippen LogP contribution in [0.5, 0.6) is 0 Å². The molecule has 0 spiro atoms. The molecule has 2 rings (SSSR count). The van der Waals surface area contributed by atoms with Gasteiger partial charge in [0.05, 0.1) is 5.76 Å². The van der Waals surface area contributed by atoms with Crippen LogP contribution >= 0.6 is 23.0 Å². The number of ether oxygens (including phenoxy) is 1. The zero-order chi connectivity index (χ0) is 15.6. The molecule has 0 heterocycles. The molecule has 22 heavy (non-hydrogen) atoms. The maximum atomic E-state index is 6.01. The first-order valence-electron chi connectivity index (χ1n) is 7.33. The number of benzene rings is 1. The number of halogens is 1. The first-order chi connectivity index (χ1) is 10.8. The van der Waals surface area contributed by atoms with Gasteiger partial charge in [-0.1, -0.05) is 42.3 Å². The van der Waals surface area contributed by atoms with Crippen LogP contribution in [0.2, 0.25) is 0 Å². The Bertz CT molecular complexity index is 597. The molecule has 0 aromatic heterocycles. The van der Waals surface area contributed by atoms with Gasteiger partial charge in [0.15, 0.2) is 0 Å². The summed E-state index contributed by atoms with van der Waals surface area (Å²) in [5, 5.41) is 0. The molecule has 0 saturated heterocycles. The molecular weight excluding hydrogens is 386 g/mol. The smallest absolute Gasteiger partial charge is 0.120 e. The van der Waals surface area contributed by atoms with Crippen molar-refractivity contribution in [1.82, 2.24) is 0 Å². The van der Waals surface area contributed by atoms with E-state index >= 15 is 0 Å². The maximum absolute atomic E-state index is 6.01. The Morgan fingerprint density at radius 1 is 1.14 bits per heavy atom. The Kier molecular flexibility index (Phi) is 7.62. The van der Waals surface area contributed by atoms with Gasteiger partial charge in [-0.3, -0.25) is 0 Å². The zero-order valence-electron chi connectivity index (χ0n) is 12.5. The van der Waals surface area contributed by atoms with E-state index in [0.717, 1.165) is 36.9 Å². The molecule has 0 unspecified atom stereocenters. The quantitative estimate of drug-likeness (QED) is 0.396. The summed E-state index contributed by atoms with van der Waals surface area (Å²) in [6, 6.07) is 10.2. The van der Waals surface area contributed by atoms with Crippen LogP contribution in [-0.4, -0.2) is 14.5 Å². The molecule has 112 valence electrons. The second kappa shape index (κ2) is 9.76. The molecule has 0 saturated carbocycles. The third-order valence-corrected chi connectivity index (χ3v) is 3.70. The average Bonchev–Trinajstić information content (AvgIpc) is 2.55. The van der Waals surface area contributed by atoms with Gasteiger partial charge < -0.3 is 7.80 Å². The van der Waals surface area contributed by atoms with Crippen molar-refractivity contribution in [3.05, 3.63) is 58.8 Å². The van der Waals surface area contributed by atoms with E-state index in [4.69, 9.17) is 15.6 Å². The lowest BCUT2D eigenvalue weighted by atomic mass is 9.84. The van der Waals surface area contributed by atoms with Crippen LogP contribution < -0.4 is 0 Å². The maximum Gasteiger partial charge on any atom is 0.120 e. The minimum absolute atomic E-state index is 0.467. The fourth-order valence-corrected chi connectivity index (χ4v) is 2.44. The third-order valence-electron chi connectivity index (χ3n) is 3.39. The summed E-state index contributed by atoms with van der Waals surface area (Å²) >= 11 is 1.85. The average molecular weight is 404 g/mol. The van der Waals surface area contributed by atoms with Crippen molar-refractivity contribution >= 4 is 30.9 Å². The first-order valence-corrected chi connectivity index (χ1v) is 8.21. The summed E-state index contributed by atoms with van der Waals surface area (Å²) in [6.07, 6.45) is 5.42. The molecule has 0 aliphatic heterocycles. The van der Waals surface area contributed by atoms with Crippen LogP contribution in [-0.2, 0) is 14.4 Å². The van der Waals surface area contributed by atoms with Crippen molar-refractivity contribution < 1.29 is 7.80 Å². The van der Waals surface area contributed by atoms with Crippen molar-refractivity contribution in [2.75, 3.05) is 6.61 Å². The Morgan fingerprint density at radius 2 is 1.95 bits per heavy atom. The topological polar surface area (TPSA) is 18.5 Å². The van der Waals surface area contributed by atoms with Gasteiger partial charge in [-0.2, -0.15) is 0 Å². The van der Waals surface area contributed by atoms with Crippen LogP contribution in [0.4, 0.5) is 0 Å². The first kappa shape index (κ1) is 17.2. The van der Waals surface area contributed by atoms with Gasteiger partial charge >= 0.3 is 0 Å². The van der Waals surface area contributed by atoms with E-state index in [1.807, 2.05) is 47.3 Å². The molecule has 4 heteroatoms. The second-order valence-corrected chi connectivity index (χ2v) is 5.67. The number of allylic oxidation sites excluding steroid dienone is 4. The van der Waals surface area contributed by atoms with Crippen molar-refractivity contribution in [1.29, 1.82) is 0 Å². The molecule has 0 bridgehead atoms. The summed E-state index contributed by atoms with van der Waals surface area (Å²) in [5.41, 5.74) is 3.27. The molecule has 0 fully saturated rings. The standard InChI is InChI=1S/C18H18BIO2/c19-17-10-11-18(21-14-15-7-3-1-4-8-15)16(13-17)9-5-2-6-12-22-20/h1,3-4,7-8,13H,5,9-12,14H2. The molecule has 2 nitrogen and oxygen atoms in total. The van der Waals surface area contributed by atoms with E-state index in [-0.39, 0.29) is 0 Å². The number of rotatable bonds is 6. The largest absolute Gasteiger partial charge is 0.493 e. The molecule has 1 aromatic carbocycles. The molecule has 1 aromatic rings. The molecule has 0 atom stereocenters. The Labute approximate surface area is 148 Å². The Morgan fingerprint density at radius 3 is 2.73 bits per heavy atom. The minimum atomic E-state index is 0.467. The van der Waals surface area contributed by atoms with E-state index in [9.17, 15) is 0 Å². The Hall–Kier alpha value is -1.19. The summed E-state index contributed by atoms with van der Waals surface area (Å²) < 4.78 is 10.9. The third kappa shape index (κ3) is 5.90. The summed E-state index contributed by atoms with van der Waals surface area (Å²) in [5.74, 6) is 7.11. The van der Waals surface area contributed by atoms with E-state index in [2.05, 4.69) is 24.0 Å². The van der Waals surface area contributed by atoms with Crippen LogP contribution in [0, 0.1) is 11.8 Å². The van der Waals surface area contributed by atoms with Crippen LogP contribution in [0.15, 0.2) is 53.2 Å². The van der Waals surface area contributed by atoms with Crippen molar-refractivity contribution in [3.8, 4) is 11.8 Å². The van der Waals surface area contributed by atoms with E-state index < -0.39 is 0 Å². The highest BCUT2D eigenvalue weighted by Crippen LogP contribution is 2.27. The lowest BCUT2D eigenvalue weighted by Crippen LogP contribution is -2.04. The zero-order valence-corrected chi connectivity index (χ0v) is 14.6. The van der Waals surface area contributed by atoms with E-state index in [0.29, 0.717) is 13.2 Å². The lowest BCUT2D eigenvalue weighted by molar-refractivity contribution is 0.184. The normalized spacial score (nSPS) is 14.1. The van der Waals surface area contributed by atoms with Gasteiger partial charge in [0.1, 0.15) is 44.1 Å². The van der Waals surface area contributed by atoms with Gasteiger partial charge in [-0.15, -0.1) is 11.4 Å². The molecule has 0 N–H and O–H groups in total. The van der Waals surface area contributed by atoms with Gasteiger partial charge in [0.25, 0.3) is 0 Å². The van der Waals surface area contributed by atoms with E-state index in [1.54, 1.807) is 0 Å². The fourth-order valence-electron chi connectivity index (χ4n) is 2.28. The van der Waals surface area contributed by atoms with E-state index in [1.165, 1.54) is 11.1 Å². The fraction of sp³-hybridized carbons (Fsp3) is 0.333. The van der Waals surface area contributed by atoms with Crippen LogP contribution in [0.25, 0.3) is 0 Å². The number of hydrogen-bond acceptors (Lipinski definition) is 2. The predicted octanol–water partition coefficient (Wildman–Crippen LogP) is 4.45. The van der Waals surface area contributed by atoms with Gasteiger partial charge in [-0.25, -0.2) is 0 Å².